The third kappa shape index (κ3) is 7.22. The Morgan fingerprint density at radius 2 is 1.80 bits per heavy atom. The van der Waals surface area contributed by atoms with Crippen LogP contribution in [0.2, 0.25) is 0 Å². The molecule has 0 heterocycles. The highest BCUT2D eigenvalue weighted by molar-refractivity contribution is 5.21. The van der Waals surface area contributed by atoms with Crippen molar-refractivity contribution in [2.75, 3.05) is 33.4 Å². The van der Waals surface area contributed by atoms with Gasteiger partial charge in [0.25, 0.3) is 0 Å². The molecule has 0 aliphatic carbocycles. The molecular formula is C20H26FNO3. The van der Waals surface area contributed by atoms with Gasteiger partial charge in [-0.15, -0.1) is 0 Å². The van der Waals surface area contributed by atoms with Gasteiger partial charge in [-0.2, -0.15) is 0 Å². The fourth-order valence-electron chi connectivity index (χ4n) is 2.59. The van der Waals surface area contributed by atoms with E-state index in [9.17, 15) is 9.50 Å². The van der Waals surface area contributed by atoms with Gasteiger partial charge in [-0.25, -0.2) is 4.39 Å². The molecule has 0 radical (unpaired) electrons. The maximum Gasteiger partial charge on any atom is 0.127 e. The fraction of sp³-hybridized carbons (Fsp3) is 0.400. The summed E-state index contributed by atoms with van der Waals surface area (Å²) in [7, 11) is 1.66. The summed E-state index contributed by atoms with van der Waals surface area (Å²) < 4.78 is 24.6. The number of hydrogen-bond donors (Lipinski definition) is 1. The van der Waals surface area contributed by atoms with Crippen molar-refractivity contribution in [1.82, 2.24) is 4.90 Å². The van der Waals surface area contributed by atoms with E-state index in [-0.39, 0.29) is 12.4 Å². The van der Waals surface area contributed by atoms with Crippen LogP contribution in [-0.4, -0.2) is 49.5 Å². The molecule has 0 saturated carbocycles. The molecule has 2 aromatic rings. The van der Waals surface area contributed by atoms with Crippen LogP contribution >= 0.6 is 0 Å². The lowest BCUT2D eigenvalue weighted by Crippen LogP contribution is -2.36. The molecule has 1 atom stereocenters. The third-order valence-electron chi connectivity index (χ3n) is 3.83. The number of rotatable bonds is 11. The second kappa shape index (κ2) is 10.8. The van der Waals surface area contributed by atoms with E-state index in [1.165, 1.54) is 6.07 Å². The second-order valence-corrected chi connectivity index (χ2v) is 5.95. The summed E-state index contributed by atoms with van der Waals surface area (Å²) in [6.07, 6.45) is 0.159. The molecule has 4 nitrogen and oxygen atoms in total. The highest BCUT2D eigenvalue weighted by Gasteiger charge is 2.14. The molecule has 0 saturated heterocycles. The smallest absolute Gasteiger partial charge is 0.127 e. The van der Waals surface area contributed by atoms with Gasteiger partial charge in [-0.3, -0.25) is 4.90 Å². The largest absolute Gasteiger partial charge is 0.491 e. The Hall–Kier alpha value is -1.95. The Morgan fingerprint density at radius 3 is 2.52 bits per heavy atom. The Labute approximate surface area is 148 Å². The summed E-state index contributed by atoms with van der Waals surface area (Å²) in [5.41, 5.74) is 0.621. The van der Waals surface area contributed by atoms with Crippen LogP contribution in [0.4, 0.5) is 4.39 Å². The van der Waals surface area contributed by atoms with Crippen LogP contribution < -0.4 is 4.74 Å². The van der Waals surface area contributed by atoms with Crippen molar-refractivity contribution in [1.29, 1.82) is 0 Å². The molecular weight excluding hydrogens is 321 g/mol. The monoisotopic (exact) mass is 347 g/mol. The number of methoxy groups -OCH3 is 1. The number of halogens is 1. The van der Waals surface area contributed by atoms with E-state index in [0.717, 1.165) is 12.2 Å². The summed E-state index contributed by atoms with van der Waals surface area (Å²) in [5.74, 6) is 0.496. The van der Waals surface area contributed by atoms with Gasteiger partial charge in [0.1, 0.15) is 24.3 Å². The van der Waals surface area contributed by atoms with Crippen LogP contribution in [0, 0.1) is 5.82 Å². The summed E-state index contributed by atoms with van der Waals surface area (Å²) in [4.78, 5) is 2.02. The van der Waals surface area contributed by atoms with E-state index in [2.05, 4.69) is 0 Å². The van der Waals surface area contributed by atoms with Gasteiger partial charge in [0.05, 0.1) is 0 Å². The first-order chi connectivity index (χ1) is 12.2. The minimum Gasteiger partial charge on any atom is -0.491 e. The van der Waals surface area contributed by atoms with Gasteiger partial charge in [-0.1, -0.05) is 36.4 Å². The van der Waals surface area contributed by atoms with Crippen LogP contribution in [0.1, 0.15) is 12.0 Å². The number of ether oxygens (including phenoxy) is 2. The SMILES string of the molecule is COCCCN(Cc1ccccc1F)C[C@H](O)COc1ccccc1. The number of para-hydroxylation sites is 1. The van der Waals surface area contributed by atoms with Crippen molar-refractivity contribution in [3.8, 4) is 5.75 Å². The van der Waals surface area contributed by atoms with Gasteiger partial charge >= 0.3 is 0 Å². The lowest BCUT2D eigenvalue weighted by molar-refractivity contribution is 0.0614. The highest BCUT2D eigenvalue weighted by Crippen LogP contribution is 2.12. The normalized spacial score (nSPS) is 12.3. The molecule has 25 heavy (non-hydrogen) atoms. The van der Waals surface area contributed by atoms with Crippen molar-refractivity contribution >= 4 is 0 Å². The van der Waals surface area contributed by atoms with E-state index >= 15 is 0 Å². The first-order valence-electron chi connectivity index (χ1n) is 8.49. The van der Waals surface area contributed by atoms with Gasteiger partial charge in [-0.05, 0) is 24.6 Å². The molecule has 0 fully saturated rings. The van der Waals surface area contributed by atoms with Gasteiger partial charge in [0, 0.05) is 38.9 Å². The predicted octanol–water partition coefficient (Wildman–Crippen LogP) is 3.10. The second-order valence-electron chi connectivity index (χ2n) is 5.95. The van der Waals surface area contributed by atoms with Gasteiger partial charge in [0.15, 0.2) is 0 Å². The van der Waals surface area contributed by atoms with Crippen molar-refractivity contribution < 1.29 is 19.0 Å². The quantitative estimate of drug-likeness (QED) is 0.634. The molecule has 0 amide bonds. The Balaban J connectivity index is 1.89. The zero-order chi connectivity index (χ0) is 17.9. The van der Waals surface area contributed by atoms with E-state index in [1.54, 1.807) is 19.2 Å². The van der Waals surface area contributed by atoms with E-state index in [4.69, 9.17) is 9.47 Å². The zero-order valence-corrected chi connectivity index (χ0v) is 14.6. The number of aliphatic hydroxyl groups excluding tert-OH is 1. The maximum atomic E-state index is 13.9. The molecule has 1 N–H and O–H groups in total. The zero-order valence-electron chi connectivity index (χ0n) is 14.6. The number of nitrogens with zero attached hydrogens (tertiary/aromatic N) is 1. The van der Waals surface area contributed by atoms with E-state index in [1.807, 2.05) is 41.3 Å². The number of aliphatic hydroxyl groups is 1. The lowest BCUT2D eigenvalue weighted by atomic mass is 10.2. The Bertz CT molecular complexity index is 609. The molecule has 0 bridgehead atoms. The summed E-state index contributed by atoms with van der Waals surface area (Å²) in [5, 5.41) is 10.3. The van der Waals surface area contributed by atoms with Crippen molar-refractivity contribution in [2.24, 2.45) is 0 Å². The molecule has 0 aromatic heterocycles. The van der Waals surface area contributed by atoms with Crippen molar-refractivity contribution in [3.63, 3.8) is 0 Å². The van der Waals surface area contributed by atoms with Gasteiger partial charge < -0.3 is 14.6 Å². The van der Waals surface area contributed by atoms with Crippen LogP contribution in [0.15, 0.2) is 54.6 Å². The first-order valence-corrected chi connectivity index (χ1v) is 8.49. The summed E-state index contributed by atoms with van der Waals surface area (Å²) in [6.45, 7) is 2.39. The summed E-state index contributed by atoms with van der Waals surface area (Å²) in [6, 6.07) is 16.1. The highest BCUT2D eigenvalue weighted by atomic mass is 19.1. The Kier molecular flexibility index (Phi) is 8.39. The number of benzene rings is 2. The van der Waals surface area contributed by atoms with E-state index in [0.29, 0.717) is 31.8 Å². The predicted molar refractivity (Wildman–Crippen MR) is 96.1 cm³/mol. The van der Waals surface area contributed by atoms with Gasteiger partial charge in [0.2, 0.25) is 0 Å². The first kappa shape index (κ1) is 19.4. The fourth-order valence-corrected chi connectivity index (χ4v) is 2.59. The molecule has 136 valence electrons. The van der Waals surface area contributed by atoms with Crippen LogP contribution in [0.3, 0.4) is 0 Å². The van der Waals surface area contributed by atoms with Crippen LogP contribution in [-0.2, 0) is 11.3 Å². The topological polar surface area (TPSA) is 41.9 Å². The molecule has 0 spiro atoms. The molecule has 2 rings (SSSR count). The average molecular weight is 347 g/mol. The minimum atomic E-state index is -0.658. The molecule has 5 heteroatoms. The molecule has 2 aromatic carbocycles. The third-order valence-corrected chi connectivity index (χ3v) is 3.83. The lowest BCUT2D eigenvalue weighted by Gasteiger charge is -2.25. The standard InChI is InChI=1S/C20H26FNO3/c1-24-13-7-12-22(14-17-8-5-6-11-20(17)21)15-18(23)16-25-19-9-3-2-4-10-19/h2-6,8-11,18,23H,7,12-16H2,1H3/t18-/m0/s1. The minimum absolute atomic E-state index is 0.196. The van der Waals surface area contributed by atoms with Crippen LogP contribution in [0.25, 0.3) is 0 Å². The van der Waals surface area contributed by atoms with Crippen molar-refractivity contribution in [2.45, 2.75) is 19.1 Å². The molecule has 0 unspecified atom stereocenters. The van der Waals surface area contributed by atoms with E-state index < -0.39 is 6.10 Å². The number of hydrogen-bond acceptors (Lipinski definition) is 4. The summed E-state index contributed by atoms with van der Waals surface area (Å²) >= 11 is 0. The maximum absolute atomic E-state index is 13.9. The van der Waals surface area contributed by atoms with Crippen molar-refractivity contribution in [3.05, 3.63) is 66.0 Å². The van der Waals surface area contributed by atoms with Crippen LogP contribution in [0.5, 0.6) is 5.75 Å². The molecule has 0 aliphatic heterocycles. The molecule has 0 aliphatic rings. The Morgan fingerprint density at radius 1 is 1.08 bits per heavy atom. The average Bonchev–Trinajstić information content (AvgIpc) is 2.63.